The van der Waals surface area contributed by atoms with Crippen molar-refractivity contribution >= 4 is 28.2 Å². The highest BCUT2D eigenvalue weighted by atomic mass is 32.1. The topological polar surface area (TPSA) is 67.9 Å². The van der Waals surface area contributed by atoms with Crippen LogP contribution in [-0.4, -0.2) is 55.2 Å². The number of morpholine rings is 1. The molecule has 0 spiro atoms. The summed E-state index contributed by atoms with van der Waals surface area (Å²) in [6, 6.07) is 5.87. The molecule has 6 nitrogen and oxygen atoms in total. The van der Waals surface area contributed by atoms with Crippen molar-refractivity contribution in [2.75, 3.05) is 31.6 Å². The minimum atomic E-state index is -0.517. The third-order valence-electron chi connectivity index (χ3n) is 4.54. The molecule has 1 aromatic heterocycles. The van der Waals surface area contributed by atoms with E-state index in [2.05, 4.69) is 5.32 Å². The molecule has 0 saturated carbocycles. The van der Waals surface area contributed by atoms with Gasteiger partial charge in [0.15, 0.2) is 0 Å². The van der Waals surface area contributed by atoms with Crippen molar-refractivity contribution in [1.29, 1.82) is 0 Å². The van der Waals surface area contributed by atoms with Gasteiger partial charge in [0.2, 0.25) is 5.91 Å². The fourth-order valence-electron chi connectivity index (χ4n) is 3.48. The molecule has 1 fully saturated rings. The maximum atomic E-state index is 13.3. The molecule has 29 heavy (non-hydrogen) atoms. The van der Waals surface area contributed by atoms with E-state index >= 15 is 0 Å². The van der Waals surface area contributed by atoms with Crippen LogP contribution in [0.2, 0.25) is 0 Å². The number of hydrogen-bond acceptors (Lipinski definition) is 6. The lowest BCUT2D eigenvalue weighted by atomic mass is 10.0. The molecule has 2 atom stereocenters. The normalized spacial score (nSPS) is 19.7. The zero-order valence-corrected chi connectivity index (χ0v) is 17.6. The van der Waals surface area contributed by atoms with Gasteiger partial charge in [0.1, 0.15) is 16.4 Å². The first-order chi connectivity index (χ1) is 13.9. The fourth-order valence-corrected chi connectivity index (χ4v) is 4.45. The van der Waals surface area contributed by atoms with Crippen LogP contribution in [0, 0.1) is 5.82 Å². The summed E-state index contributed by atoms with van der Waals surface area (Å²) in [5.41, 5.74) is 1.58. The minimum Gasteiger partial charge on any atom is -0.462 e. The predicted octanol–water partition coefficient (Wildman–Crippen LogP) is 3.78. The molecule has 0 aliphatic carbocycles. The summed E-state index contributed by atoms with van der Waals surface area (Å²) in [6.45, 7) is 7.46. The number of nitrogens with zero attached hydrogens (tertiary/aromatic N) is 1. The summed E-state index contributed by atoms with van der Waals surface area (Å²) in [5.74, 6) is -1.08. The van der Waals surface area contributed by atoms with Gasteiger partial charge in [0.05, 0.1) is 25.4 Å². The molecule has 0 bridgehead atoms. The first-order valence-corrected chi connectivity index (χ1v) is 10.5. The second-order valence-corrected chi connectivity index (χ2v) is 7.96. The summed E-state index contributed by atoms with van der Waals surface area (Å²) < 4.78 is 24.2. The van der Waals surface area contributed by atoms with Crippen molar-refractivity contribution in [3.05, 3.63) is 41.0 Å². The van der Waals surface area contributed by atoms with Crippen molar-refractivity contribution in [2.24, 2.45) is 0 Å². The highest BCUT2D eigenvalue weighted by Crippen LogP contribution is 2.36. The third kappa shape index (κ3) is 5.41. The number of anilines is 1. The van der Waals surface area contributed by atoms with Crippen LogP contribution in [0.15, 0.2) is 29.6 Å². The Morgan fingerprint density at radius 1 is 1.24 bits per heavy atom. The average Bonchev–Trinajstić information content (AvgIpc) is 3.05. The van der Waals surface area contributed by atoms with Crippen molar-refractivity contribution in [3.8, 4) is 11.1 Å². The number of hydrogen-bond donors (Lipinski definition) is 1. The van der Waals surface area contributed by atoms with Gasteiger partial charge in [0.25, 0.3) is 0 Å². The fraction of sp³-hybridized carbons (Fsp3) is 0.429. The van der Waals surface area contributed by atoms with Gasteiger partial charge in [0, 0.05) is 24.0 Å². The molecule has 8 heteroatoms. The standard InChI is InChI=1S/C21H25FN2O4S/c1-4-27-21(26)19-17(15-5-7-16(22)8-6-15)12-29-20(19)23-18(25)11-24-9-13(2)28-14(3)10-24/h5-8,12-14H,4,9-11H2,1-3H3,(H,23,25)/t13-,14-/m0/s1. The summed E-state index contributed by atoms with van der Waals surface area (Å²) in [4.78, 5) is 27.2. The molecular formula is C21H25FN2O4S. The van der Waals surface area contributed by atoms with Crippen molar-refractivity contribution in [3.63, 3.8) is 0 Å². The molecule has 3 rings (SSSR count). The molecule has 0 unspecified atom stereocenters. The van der Waals surface area contributed by atoms with Gasteiger partial charge in [-0.05, 0) is 38.5 Å². The molecular weight excluding hydrogens is 395 g/mol. The Labute approximate surface area is 173 Å². The quantitative estimate of drug-likeness (QED) is 0.721. The van der Waals surface area contributed by atoms with Crippen LogP contribution in [0.5, 0.6) is 0 Å². The summed E-state index contributed by atoms with van der Waals surface area (Å²) in [6.07, 6.45) is 0.127. The van der Waals surface area contributed by atoms with E-state index in [0.717, 1.165) is 0 Å². The smallest absolute Gasteiger partial charge is 0.341 e. The number of nitrogens with one attached hydrogen (secondary N) is 1. The molecule has 1 saturated heterocycles. The highest BCUT2D eigenvalue weighted by molar-refractivity contribution is 7.15. The van der Waals surface area contributed by atoms with E-state index < -0.39 is 5.97 Å². The molecule has 1 aromatic carbocycles. The lowest BCUT2D eigenvalue weighted by molar-refractivity contribution is -0.121. The van der Waals surface area contributed by atoms with Crippen LogP contribution < -0.4 is 5.32 Å². The number of halogens is 1. The van der Waals surface area contributed by atoms with Gasteiger partial charge in [-0.1, -0.05) is 12.1 Å². The second kappa shape index (κ2) is 9.47. The maximum Gasteiger partial charge on any atom is 0.341 e. The predicted molar refractivity (Wildman–Crippen MR) is 111 cm³/mol. The monoisotopic (exact) mass is 420 g/mol. The Morgan fingerprint density at radius 2 is 1.90 bits per heavy atom. The zero-order valence-electron chi connectivity index (χ0n) is 16.7. The minimum absolute atomic E-state index is 0.0634. The third-order valence-corrected chi connectivity index (χ3v) is 5.44. The van der Waals surface area contributed by atoms with Gasteiger partial charge < -0.3 is 14.8 Å². The Balaban J connectivity index is 1.80. The van der Waals surface area contributed by atoms with Crippen LogP contribution in [0.4, 0.5) is 9.39 Å². The largest absolute Gasteiger partial charge is 0.462 e. The van der Waals surface area contributed by atoms with Crippen LogP contribution in [-0.2, 0) is 14.3 Å². The van der Waals surface area contributed by atoms with Gasteiger partial charge in [-0.2, -0.15) is 0 Å². The Hall–Kier alpha value is -2.29. The molecule has 156 valence electrons. The van der Waals surface area contributed by atoms with Crippen molar-refractivity contribution in [2.45, 2.75) is 33.0 Å². The summed E-state index contributed by atoms with van der Waals surface area (Å²) >= 11 is 1.25. The first kappa shape index (κ1) is 21.4. The number of carbonyl (C=O) groups excluding carboxylic acids is 2. The van der Waals surface area contributed by atoms with Crippen molar-refractivity contribution in [1.82, 2.24) is 4.90 Å². The summed E-state index contributed by atoms with van der Waals surface area (Å²) in [7, 11) is 0. The van der Waals surface area contributed by atoms with Gasteiger partial charge in [-0.25, -0.2) is 9.18 Å². The molecule has 0 radical (unpaired) electrons. The number of amides is 1. The average molecular weight is 421 g/mol. The van der Waals surface area contributed by atoms with Gasteiger partial charge in [-0.3, -0.25) is 9.69 Å². The molecule has 1 N–H and O–H groups in total. The van der Waals surface area contributed by atoms with E-state index in [1.165, 1.54) is 23.5 Å². The van der Waals surface area contributed by atoms with Crippen LogP contribution in [0.1, 0.15) is 31.1 Å². The SMILES string of the molecule is CCOC(=O)c1c(-c2ccc(F)cc2)csc1NC(=O)CN1C[C@H](C)O[C@@H](C)C1. The molecule has 1 aliphatic rings. The molecule has 2 aromatic rings. The lowest BCUT2D eigenvalue weighted by Crippen LogP contribution is -2.48. The number of benzene rings is 1. The van der Waals surface area contributed by atoms with E-state index in [0.29, 0.717) is 34.8 Å². The van der Waals surface area contributed by atoms with E-state index in [1.807, 2.05) is 18.7 Å². The van der Waals surface area contributed by atoms with Crippen molar-refractivity contribution < 1.29 is 23.5 Å². The number of ether oxygens (including phenoxy) is 2. The number of rotatable bonds is 6. The number of carbonyl (C=O) groups is 2. The Morgan fingerprint density at radius 3 is 2.52 bits per heavy atom. The van der Waals surface area contributed by atoms with E-state index in [1.54, 1.807) is 24.4 Å². The van der Waals surface area contributed by atoms with Gasteiger partial charge >= 0.3 is 5.97 Å². The molecule has 2 heterocycles. The van der Waals surface area contributed by atoms with Crippen LogP contribution >= 0.6 is 11.3 Å². The number of thiophene rings is 1. The van der Waals surface area contributed by atoms with E-state index in [-0.39, 0.29) is 37.1 Å². The highest BCUT2D eigenvalue weighted by Gasteiger charge is 2.26. The number of esters is 1. The second-order valence-electron chi connectivity index (χ2n) is 7.08. The molecule has 1 amide bonds. The zero-order chi connectivity index (χ0) is 21.0. The van der Waals surface area contributed by atoms with Crippen LogP contribution in [0.25, 0.3) is 11.1 Å². The van der Waals surface area contributed by atoms with E-state index in [4.69, 9.17) is 9.47 Å². The lowest BCUT2D eigenvalue weighted by Gasteiger charge is -2.34. The summed E-state index contributed by atoms with van der Waals surface area (Å²) in [5, 5.41) is 5.05. The Bertz CT molecular complexity index is 858. The van der Waals surface area contributed by atoms with Crippen LogP contribution in [0.3, 0.4) is 0 Å². The van der Waals surface area contributed by atoms with Gasteiger partial charge in [-0.15, -0.1) is 11.3 Å². The first-order valence-electron chi connectivity index (χ1n) is 9.59. The maximum absolute atomic E-state index is 13.3. The Kier molecular flexibility index (Phi) is 7.00. The van der Waals surface area contributed by atoms with E-state index in [9.17, 15) is 14.0 Å². The molecule has 1 aliphatic heterocycles.